The van der Waals surface area contributed by atoms with E-state index in [9.17, 15) is 0 Å². The van der Waals surface area contributed by atoms with Crippen LogP contribution in [0.2, 0.25) is 0 Å². The second-order valence-corrected chi connectivity index (χ2v) is 4.50. The van der Waals surface area contributed by atoms with Gasteiger partial charge in [0.05, 0.1) is 5.69 Å². The van der Waals surface area contributed by atoms with Crippen LogP contribution in [-0.4, -0.2) is 4.98 Å². The van der Waals surface area contributed by atoms with Crippen molar-refractivity contribution in [2.45, 2.75) is 19.6 Å². The van der Waals surface area contributed by atoms with Gasteiger partial charge in [0.2, 0.25) is 0 Å². The average molecular weight is 225 g/mol. The van der Waals surface area contributed by atoms with Crippen molar-refractivity contribution in [3.05, 3.63) is 28.5 Å². The van der Waals surface area contributed by atoms with E-state index in [1.54, 1.807) is 11.3 Å². The minimum Gasteiger partial charge on any atom is -0.459 e. The molecule has 2 nitrogen and oxygen atoms in total. The van der Waals surface area contributed by atoms with Crippen molar-refractivity contribution >= 4 is 24.0 Å². The van der Waals surface area contributed by atoms with E-state index in [-0.39, 0.29) is 0 Å². The first-order valence-corrected chi connectivity index (χ1v) is 5.79. The van der Waals surface area contributed by atoms with E-state index in [2.05, 4.69) is 17.6 Å². The fraction of sp³-hybridized carbons (Fsp3) is 0.300. The first kappa shape index (κ1) is 9.80. The van der Waals surface area contributed by atoms with Crippen molar-refractivity contribution in [3.63, 3.8) is 0 Å². The first-order chi connectivity index (χ1) is 6.70. The molecular weight excluding hydrogens is 214 g/mol. The van der Waals surface area contributed by atoms with Crippen molar-refractivity contribution < 1.29 is 4.42 Å². The summed E-state index contributed by atoms with van der Waals surface area (Å²) in [5.74, 6) is 2.51. The van der Waals surface area contributed by atoms with Gasteiger partial charge in [-0.2, -0.15) is 12.6 Å². The lowest BCUT2D eigenvalue weighted by Gasteiger charge is -1.87. The lowest BCUT2D eigenvalue weighted by atomic mass is 10.4. The van der Waals surface area contributed by atoms with Crippen LogP contribution in [0.5, 0.6) is 0 Å². The number of hydrogen-bond donors (Lipinski definition) is 1. The highest BCUT2D eigenvalue weighted by atomic mass is 32.1. The van der Waals surface area contributed by atoms with Gasteiger partial charge in [-0.3, -0.25) is 0 Å². The van der Waals surface area contributed by atoms with Crippen molar-refractivity contribution in [3.8, 4) is 10.8 Å². The highest BCUT2D eigenvalue weighted by Gasteiger charge is 2.10. The summed E-state index contributed by atoms with van der Waals surface area (Å²) in [5.41, 5.74) is 1.05. The molecule has 0 fully saturated rings. The molecule has 0 aromatic carbocycles. The third-order valence-corrected chi connectivity index (χ3v) is 3.69. The molecule has 74 valence electrons. The quantitative estimate of drug-likeness (QED) is 0.792. The number of thiazole rings is 1. The Morgan fingerprint density at radius 2 is 2.21 bits per heavy atom. The maximum Gasteiger partial charge on any atom is 0.162 e. The minimum atomic E-state index is 0.739. The molecule has 0 amide bonds. The van der Waals surface area contributed by atoms with Crippen LogP contribution in [0.4, 0.5) is 0 Å². The minimum absolute atomic E-state index is 0.739. The Bertz CT molecular complexity index is 445. The average Bonchev–Trinajstić information content (AvgIpc) is 2.71. The third kappa shape index (κ3) is 1.72. The molecule has 0 unspecified atom stereocenters. The van der Waals surface area contributed by atoms with Gasteiger partial charge < -0.3 is 4.42 Å². The molecule has 0 bridgehead atoms. The van der Waals surface area contributed by atoms with Crippen LogP contribution in [-0.2, 0) is 5.75 Å². The summed E-state index contributed by atoms with van der Waals surface area (Å²) < 4.78 is 5.51. The molecule has 0 atom stereocenters. The van der Waals surface area contributed by atoms with Gasteiger partial charge in [0, 0.05) is 10.6 Å². The number of rotatable bonds is 2. The van der Waals surface area contributed by atoms with Gasteiger partial charge in [-0.05, 0) is 26.0 Å². The molecule has 0 aliphatic carbocycles. The van der Waals surface area contributed by atoms with Crippen LogP contribution in [0.1, 0.15) is 16.3 Å². The summed E-state index contributed by atoms with van der Waals surface area (Å²) >= 11 is 5.90. The summed E-state index contributed by atoms with van der Waals surface area (Å²) in [6.45, 7) is 3.94. The number of nitrogens with zero attached hydrogens (tertiary/aromatic N) is 1. The number of furan rings is 1. The Balaban J connectivity index is 2.42. The second-order valence-electron chi connectivity index (χ2n) is 3.10. The second kappa shape index (κ2) is 3.79. The van der Waals surface area contributed by atoms with Crippen LogP contribution in [0.25, 0.3) is 10.8 Å². The predicted molar refractivity (Wildman–Crippen MR) is 62.0 cm³/mol. The smallest absolute Gasteiger partial charge is 0.162 e. The molecule has 2 aromatic heterocycles. The van der Waals surface area contributed by atoms with E-state index in [4.69, 9.17) is 4.42 Å². The van der Waals surface area contributed by atoms with Gasteiger partial charge in [0.15, 0.2) is 10.8 Å². The van der Waals surface area contributed by atoms with Gasteiger partial charge in [-0.25, -0.2) is 4.98 Å². The van der Waals surface area contributed by atoms with E-state index in [0.717, 1.165) is 28.0 Å². The Kier molecular flexibility index (Phi) is 2.65. The maximum atomic E-state index is 5.51. The Labute approximate surface area is 92.4 Å². The number of aromatic nitrogens is 1. The van der Waals surface area contributed by atoms with Gasteiger partial charge in [-0.15, -0.1) is 11.3 Å². The molecule has 0 radical (unpaired) electrons. The van der Waals surface area contributed by atoms with Crippen molar-refractivity contribution in [2.24, 2.45) is 0 Å². The van der Waals surface area contributed by atoms with Crippen LogP contribution in [0.15, 0.2) is 16.5 Å². The van der Waals surface area contributed by atoms with Crippen LogP contribution >= 0.6 is 24.0 Å². The highest BCUT2D eigenvalue weighted by Crippen LogP contribution is 2.29. The van der Waals surface area contributed by atoms with Crippen LogP contribution < -0.4 is 0 Å². The largest absolute Gasteiger partial charge is 0.459 e. The zero-order valence-corrected chi connectivity index (χ0v) is 9.78. The molecule has 14 heavy (non-hydrogen) atoms. The molecule has 0 aliphatic rings. The molecule has 2 aromatic rings. The van der Waals surface area contributed by atoms with Crippen molar-refractivity contribution in [2.75, 3.05) is 0 Å². The normalized spacial score (nSPS) is 10.8. The third-order valence-electron chi connectivity index (χ3n) is 1.99. The molecule has 0 N–H and O–H groups in total. The lowest BCUT2D eigenvalue weighted by Crippen LogP contribution is -1.76. The molecule has 0 aliphatic heterocycles. The van der Waals surface area contributed by atoms with E-state index < -0.39 is 0 Å². The summed E-state index contributed by atoms with van der Waals surface area (Å²) in [5, 5.41) is 0.944. The topological polar surface area (TPSA) is 26.0 Å². The zero-order valence-electron chi connectivity index (χ0n) is 8.07. The predicted octanol–water partition coefficient (Wildman–Crippen LogP) is 3.45. The molecule has 0 saturated heterocycles. The van der Waals surface area contributed by atoms with E-state index in [0.29, 0.717) is 0 Å². The first-order valence-electron chi connectivity index (χ1n) is 4.34. The molecule has 2 heterocycles. The molecule has 2 rings (SSSR count). The summed E-state index contributed by atoms with van der Waals surface area (Å²) in [7, 11) is 0. The summed E-state index contributed by atoms with van der Waals surface area (Å²) in [4.78, 5) is 5.65. The number of hydrogen-bond acceptors (Lipinski definition) is 4. The standard InChI is InChI=1S/C10H11NOS2/c1-6-3-4-8(12-6)10-11-7(2)9(5-13)14-10/h3-4,13H,5H2,1-2H3. The Morgan fingerprint density at radius 3 is 2.71 bits per heavy atom. The molecular formula is C10H11NOS2. The number of aryl methyl sites for hydroxylation is 2. The zero-order chi connectivity index (χ0) is 10.1. The van der Waals surface area contributed by atoms with Crippen LogP contribution in [0.3, 0.4) is 0 Å². The van der Waals surface area contributed by atoms with Gasteiger partial charge in [-0.1, -0.05) is 0 Å². The molecule has 0 saturated carbocycles. The van der Waals surface area contributed by atoms with Crippen molar-refractivity contribution in [1.82, 2.24) is 4.98 Å². The van der Waals surface area contributed by atoms with Gasteiger partial charge in [0.25, 0.3) is 0 Å². The maximum absolute atomic E-state index is 5.51. The SMILES string of the molecule is Cc1ccc(-c2nc(C)c(CS)s2)o1. The number of thiol groups is 1. The molecule has 0 spiro atoms. The van der Waals surface area contributed by atoms with E-state index in [1.165, 1.54) is 4.88 Å². The van der Waals surface area contributed by atoms with Crippen molar-refractivity contribution in [1.29, 1.82) is 0 Å². The Morgan fingerprint density at radius 1 is 1.43 bits per heavy atom. The summed E-state index contributed by atoms with van der Waals surface area (Å²) in [6, 6.07) is 3.91. The van der Waals surface area contributed by atoms with Gasteiger partial charge >= 0.3 is 0 Å². The highest BCUT2D eigenvalue weighted by molar-refractivity contribution is 7.79. The monoisotopic (exact) mass is 225 g/mol. The lowest BCUT2D eigenvalue weighted by molar-refractivity contribution is 0.548. The van der Waals surface area contributed by atoms with E-state index in [1.807, 2.05) is 26.0 Å². The van der Waals surface area contributed by atoms with E-state index >= 15 is 0 Å². The van der Waals surface area contributed by atoms with Crippen LogP contribution in [0, 0.1) is 13.8 Å². The Hall–Kier alpha value is -0.740. The fourth-order valence-corrected chi connectivity index (χ4v) is 2.54. The molecule has 4 heteroatoms. The summed E-state index contributed by atoms with van der Waals surface area (Å²) in [6.07, 6.45) is 0. The van der Waals surface area contributed by atoms with Gasteiger partial charge in [0.1, 0.15) is 5.76 Å². The fourth-order valence-electron chi connectivity index (χ4n) is 1.23.